The Morgan fingerprint density at radius 2 is 1.91 bits per heavy atom. The molecule has 7 nitrogen and oxygen atoms in total. The van der Waals surface area contributed by atoms with E-state index in [1.165, 1.54) is 17.0 Å². The number of non-ortho nitro benzene ring substituents is 1. The first kappa shape index (κ1) is 22.7. The zero-order valence-electron chi connectivity index (χ0n) is 18.9. The van der Waals surface area contributed by atoms with Crippen molar-refractivity contribution in [3.63, 3.8) is 0 Å². The van der Waals surface area contributed by atoms with Crippen molar-refractivity contribution in [3.05, 3.63) is 104 Å². The number of amides is 1. The third-order valence-electron chi connectivity index (χ3n) is 5.95. The van der Waals surface area contributed by atoms with Gasteiger partial charge in [0.15, 0.2) is 0 Å². The number of hydrogen-bond acceptors (Lipinski definition) is 6. The monoisotopic (exact) mass is 485 g/mol. The average molecular weight is 486 g/mol. The van der Waals surface area contributed by atoms with Gasteiger partial charge in [0.05, 0.1) is 16.7 Å². The number of nitrogens with one attached hydrogen (secondary N) is 1. The first-order valence-corrected chi connectivity index (χ1v) is 12.3. The van der Waals surface area contributed by atoms with E-state index in [-0.39, 0.29) is 11.6 Å². The molecule has 1 N–H and O–H groups in total. The SMILES string of the molecule is O=C(NCc1ccccc1)c1c(N=Cc2ccc(-c3cccc([N+](=O)[O-])c3)o2)sc2c1CCCC2. The minimum Gasteiger partial charge on any atom is -0.455 e. The molecule has 2 aromatic carbocycles. The van der Waals surface area contributed by atoms with Crippen molar-refractivity contribution in [2.45, 2.75) is 32.2 Å². The second-order valence-corrected chi connectivity index (χ2v) is 9.41. The Morgan fingerprint density at radius 3 is 2.74 bits per heavy atom. The number of nitro groups is 1. The van der Waals surface area contributed by atoms with E-state index in [9.17, 15) is 14.9 Å². The Kier molecular flexibility index (Phi) is 6.54. The number of nitro benzene ring substituents is 1. The Balaban J connectivity index is 1.39. The van der Waals surface area contributed by atoms with Crippen LogP contribution in [0.25, 0.3) is 11.3 Å². The highest BCUT2D eigenvalue weighted by atomic mass is 32.1. The maximum absolute atomic E-state index is 13.2. The summed E-state index contributed by atoms with van der Waals surface area (Å²) in [7, 11) is 0. The van der Waals surface area contributed by atoms with Gasteiger partial charge >= 0.3 is 0 Å². The van der Waals surface area contributed by atoms with Crippen LogP contribution < -0.4 is 5.32 Å². The van der Waals surface area contributed by atoms with Crippen LogP contribution in [0, 0.1) is 10.1 Å². The van der Waals surface area contributed by atoms with Crippen molar-refractivity contribution < 1.29 is 14.1 Å². The molecular weight excluding hydrogens is 462 g/mol. The Morgan fingerprint density at radius 1 is 1.09 bits per heavy atom. The van der Waals surface area contributed by atoms with E-state index in [0.29, 0.717) is 34.2 Å². The van der Waals surface area contributed by atoms with E-state index in [1.807, 2.05) is 30.3 Å². The summed E-state index contributed by atoms with van der Waals surface area (Å²) < 4.78 is 5.87. The van der Waals surface area contributed by atoms with E-state index in [4.69, 9.17) is 4.42 Å². The Labute approximate surface area is 206 Å². The van der Waals surface area contributed by atoms with Gasteiger partial charge in [0, 0.05) is 29.1 Å². The molecule has 0 aliphatic heterocycles. The van der Waals surface area contributed by atoms with Gasteiger partial charge in [-0.3, -0.25) is 14.9 Å². The molecule has 0 saturated carbocycles. The highest BCUT2D eigenvalue weighted by Gasteiger charge is 2.25. The fourth-order valence-electron chi connectivity index (χ4n) is 4.22. The number of furan rings is 1. The normalized spacial score (nSPS) is 13.0. The van der Waals surface area contributed by atoms with Gasteiger partial charge in [0.2, 0.25) is 0 Å². The van der Waals surface area contributed by atoms with Crippen LogP contribution in [0.2, 0.25) is 0 Å². The van der Waals surface area contributed by atoms with Crippen LogP contribution >= 0.6 is 11.3 Å². The molecule has 8 heteroatoms. The standard InChI is InChI=1S/C27H23N3O4S/c31-26(28-16-18-7-2-1-3-8-18)25-22-11-4-5-12-24(22)35-27(25)29-17-21-13-14-23(34-21)19-9-6-10-20(15-19)30(32)33/h1-3,6-10,13-15,17H,4-5,11-12,16H2,(H,28,31). The molecule has 4 aromatic rings. The van der Waals surface area contributed by atoms with Gasteiger partial charge in [-0.1, -0.05) is 42.5 Å². The molecular formula is C27H23N3O4S. The predicted molar refractivity (Wildman–Crippen MR) is 137 cm³/mol. The number of nitrogens with zero attached hydrogens (tertiary/aromatic N) is 2. The lowest BCUT2D eigenvalue weighted by Gasteiger charge is -2.12. The van der Waals surface area contributed by atoms with Crippen molar-refractivity contribution >= 4 is 34.1 Å². The Bertz CT molecular complexity index is 1410. The van der Waals surface area contributed by atoms with Gasteiger partial charge in [-0.2, -0.15) is 0 Å². The molecule has 0 unspecified atom stereocenters. The molecule has 0 spiro atoms. The zero-order valence-corrected chi connectivity index (χ0v) is 19.7. The minimum absolute atomic E-state index is 0.00411. The number of rotatable bonds is 7. The highest BCUT2D eigenvalue weighted by Crippen LogP contribution is 2.40. The predicted octanol–water partition coefficient (Wildman–Crippen LogP) is 6.48. The molecule has 0 atom stereocenters. The highest BCUT2D eigenvalue weighted by molar-refractivity contribution is 7.16. The number of thiophene rings is 1. The first-order chi connectivity index (χ1) is 17.1. The smallest absolute Gasteiger partial charge is 0.270 e. The summed E-state index contributed by atoms with van der Waals surface area (Å²) >= 11 is 1.56. The van der Waals surface area contributed by atoms with Crippen molar-refractivity contribution in [1.29, 1.82) is 0 Å². The molecule has 0 saturated heterocycles. The molecule has 2 aromatic heterocycles. The average Bonchev–Trinajstić information content (AvgIpc) is 3.51. The van der Waals surface area contributed by atoms with Gasteiger partial charge in [-0.05, 0) is 48.9 Å². The number of fused-ring (bicyclic) bond motifs is 1. The molecule has 0 bridgehead atoms. The van der Waals surface area contributed by atoms with Crippen LogP contribution in [0.4, 0.5) is 10.7 Å². The van der Waals surface area contributed by atoms with Crippen LogP contribution in [-0.4, -0.2) is 17.0 Å². The second-order valence-electron chi connectivity index (χ2n) is 8.33. The maximum Gasteiger partial charge on any atom is 0.270 e. The fourth-order valence-corrected chi connectivity index (χ4v) is 5.45. The summed E-state index contributed by atoms with van der Waals surface area (Å²) in [4.78, 5) is 29.7. The number of aliphatic imine (C=N–C) groups is 1. The zero-order chi connectivity index (χ0) is 24.2. The van der Waals surface area contributed by atoms with Crippen LogP contribution in [-0.2, 0) is 19.4 Å². The maximum atomic E-state index is 13.2. The lowest BCUT2D eigenvalue weighted by atomic mass is 9.95. The molecule has 1 aliphatic carbocycles. The molecule has 5 rings (SSSR count). The molecule has 35 heavy (non-hydrogen) atoms. The summed E-state index contributed by atoms with van der Waals surface area (Å²) in [6.07, 6.45) is 5.63. The third kappa shape index (κ3) is 5.07. The lowest BCUT2D eigenvalue weighted by molar-refractivity contribution is -0.384. The van der Waals surface area contributed by atoms with Crippen molar-refractivity contribution in [3.8, 4) is 11.3 Å². The summed E-state index contributed by atoms with van der Waals surface area (Å²) in [6, 6.07) is 19.6. The van der Waals surface area contributed by atoms with Gasteiger partial charge in [0.25, 0.3) is 11.6 Å². The molecule has 1 amide bonds. The van der Waals surface area contributed by atoms with Crippen LogP contribution in [0.5, 0.6) is 0 Å². The number of carbonyl (C=O) groups excluding carboxylic acids is 1. The molecule has 0 fully saturated rings. The Hall–Kier alpha value is -4.04. The number of benzene rings is 2. The van der Waals surface area contributed by atoms with Crippen LogP contribution in [0.3, 0.4) is 0 Å². The summed E-state index contributed by atoms with van der Waals surface area (Å²) in [5, 5.41) is 14.8. The number of hydrogen-bond donors (Lipinski definition) is 1. The molecule has 176 valence electrons. The van der Waals surface area contributed by atoms with Gasteiger partial charge in [-0.15, -0.1) is 11.3 Å². The molecule has 2 heterocycles. The van der Waals surface area contributed by atoms with Gasteiger partial charge < -0.3 is 9.73 Å². The van der Waals surface area contributed by atoms with Crippen LogP contribution in [0.15, 0.2) is 76.1 Å². The second kappa shape index (κ2) is 10.1. The summed E-state index contributed by atoms with van der Waals surface area (Å²) in [5.41, 5.74) is 3.42. The summed E-state index contributed by atoms with van der Waals surface area (Å²) in [5.74, 6) is 0.909. The van der Waals surface area contributed by atoms with Crippen molar-refractivity contribution in [1.82, 2.24) is 5.32 Å². The van der Waals surface area contributed by atoms with Gasteiger partial charge in [-0.25, -0.2) is 4.99 Å². The van der Waals surface area contributed by atoms with E-state index in [0.717, 1.165) is 36.8 Å². The van der Waals surface area contributed by atoms with Crippen molar-refractivity contribution in [2.75, 3.05) is 0 Å². The van der Waals surface area contributed by atoms with Crippen LogP contribution in [0.1, 0.15) is 45.0 Å². The minimum atomic E-state index is -0.433. The van der Waals surface area contributed by atoms with E-state index in [1.54, 1.807) is 41.8 Å². The van der Waals surface area contributed by atoms with Gasteiger partial charge in [0.1, 0.15) is 16.5 Å². The molecule has 0 radical (unpaired) electrons. The molecule has 1 aliphatic rings. The van der Waals surface area contributed by atoms with E-state index >= 15 is 0 Å². The largest absolute Gasteiger partial charge is 0.455 e. The fraction of sp³-hybridized carbons (Fsp3) is 0.185. The number of aryl methyl sites for hydroxylation is 1. The lowest BCUT2D eigenvalue weighted by Crippen LogP contribution is -2.24. The first-order valence-electron chi connectivity index (χ1n) is 11.4. The quantitative estimate of drug-likeness (QED) is 0.184. The third-order valence-corrected chi connectivity index (χ3v) is 7.15. The van der Waals surface area contributed by atoms with E-state index < -0.39 is 4.92 Å². The van der Waals surface area contributed by atoms with E-state index in [2.05, 4.69) is 10.3 Å². The topological polar surface area (TPSA) is 97.7 Å². The number of carbonyl (C=O) groups is 1. The summed E-state index contributed by atoms with van der Waals surface area (Å²) in [6.45, 7) is 0.457. The van der Waals surface area contributed by atoms with Crippen molar-refractivity contribution in [2.24, 2.45) is 4.99 Å².